The summed E-state index contributed by atoms with van der Waals surface area (Å²) in [7, 11) is 1.78. The average Bonchev–Trinajstić information content (AvgIpc) is 2.69. The summed E-state index contributed by atoms with van der Waals surface area (Å²) in [5.41, 5.74) is 3.02. The zero-order valence-corrected chi connectivity index (χ0v) is 15.3. The summed E-state index contributed by atoms with van der Waals surface area (Å²) in [4.78, 5) is 26.8. The molecule has 1 saturated heterocycles. The summed E-state index contributed by atoms with van der Waals surface area (Å²) >= 11 is 0. The second-order valence-corrected chi connectivity index (χ2v) is 6.58. The number of nitro groups is 1. The third-order valence-corrected chi connectivity index (χ3v) is 4.68. The van der Waals surface area contributed by atoms with Gasteiger partial charge in [-0.3, -0.25) is 14.9 Å². The Hall–Kier alpha value is -2.93. The fourth-order valence-corrected chi connectivity index (χ4v) is 3.15. The number of benzene rings is 2. The normalized spacial score (nSPS) is 14.0. The first kappa shape index (κ1) is 18.8. The van der Waals surface area contributed by atoms with Crippen LogP contribution in [0.25, 0.3) is 0 Å². The number of amides is 1. The van der Waals surface area contributed by atoms with Gasteiger partial charge in [-0.05, 0) is 17.2 Å². The number of likely N-dealkylation sites (N-methyl/N-ethyl adjacent to an activating group) is 1. The first-order valence-electron chi connectivity index (χ1n) is 8.92. The summed E-state index contributed by atoms with van der Waals surface area (Å²) in [5.74, 6) is -0.0272. The van der Waals surface area contributed by atoms with E-state index in [1.54, 1.807) is 24.1 Å². The Morgan fingerprint density at radius 1 is 1.15 bits per heavy atom. The number of ether oxygens (including phenoxy) is 1. The number of rotatable bonds is 6. The van der Waals surface area contributed by atoms with Crippen molar-refractivity contribution in [2.75, 3.05) is 38.3 Å². The van der Waals surface area contributed by atoms with E-state index in [0.717, 1.165) is 29.9 Å². The van der Waals surface area contributed by atoms with Gasteiger partial charge in [0, 0.05) is 44.5 Å². The van der Waals surface area contributed by atoms with Gasteiger partial charge in [0.2, 0.25) is 5.91 Å². The number of morpholine rings is 1. The molecule has 0 atom stereocenters. The molecule has 1 amide bonds. The molecule has 0 spiro atoms. The van der Waals surface area contributed by atoms with E-state index in [0.29, 0.717) is 19.8 Å². The fourth-order valence-electron chi connectivity index (χ4n) is 3.15. The van der Waals surface area contributed by atoms with Crippen molar-refractivity contribution in [1.82, 2.24) is 4.90 Å². The van der Waals surface area contributed by atoms with Gasteiger partial charge >= 0.3 is 0 Å². The summed E-state index contributed by atoms with van der Waals surface area (Å²) in [5, 5.41) is 10.7. The molecule has 7 nitrogen and oxygen atoms in total. The molecule has 3 rings (SSSR count). The monoisotopic (exact) mass is 369 g/mol. The van der Waals surface area contributed by atoms with E-state index in [2.05, 4.69) is 11.0 Å². The van der Waals surface area contributed by atoms with E-state index in [1.807, 2.05) is 18.2 Å². The summed E-state index contributed by atoms with van der Waals surface area (Å²) in [6, 6.07) is 14.2. The van der Waals surface area contributed by atoms with Crippen molar-refractivity contribution >= 4 is 17.3 Å². The molecule has 0 aliphatic carbocycles. The SMILES string of the molecule is CN(Cc1ccccc1N1CCOCC1)C(=O)Cc1ccc([N+](=O)[O-])cc1. The quantitative estimate of drug-likeness (QED) is 0.578. The standard InChI is InChI=1S/C20H23N3O4/c1-21(20(24)14-16-6-8-18(9-7-16)23(25)26)15-17-4-2-3-5-19(17)22-10-12-27-13-11-22/h2-9H,10-15H2,1H3. The van der Waals surface area contributed by atoms with Gasteiger partial charge in [0.25, 0.3) is 5.69 Å². The predicted octanol–water partition coefficient (Wildman–Crippen LogP) is 2.63. The van der Waals surface area contributed by atoms with E-state index in [-0.39, 0.29) is 18.0 Å². The Balaban J connectivity index is 1.65. The zero-order valence-electron chi connectivity index (χ0n) is 15.3. The van der Waals surface area contributed by atoms with Crippen molar-refractivity contribution in [2.45, 2.75) is 13.0 Å². The maximum atomic E-state index is 12.6. The van der Waals surface area contributed by atoms with Crippen LogP contribution in [0.5, 0.6) is 0 Å². The van der Waals surface area contributed by atoms with Crippen LogP contribution in [0.3, 0.4) is 0 Å². The summed E-state index contributed by atoms with van der Waals surface area (Å²) < 4.78 is 5.42. The number of carbonyl (C=O) groups excluding carboxylic acids is 1. The van der Waals surface area contributed by atoms with E-state index in [9.17, 15) is 14.9 Å². The lowest BCUT2D eigenvalue weighted by Gasteiger charge is -2.31. The van der Waals surface area contributed by atoms with E-state index in [4.69, 9.17) is 4.74 Å². The van der Waals surface area contributed by atoms with Crippen molar-refractivity contribution in [1.29, 1.82) is 0 Å². The van der Waals surface area contributed by atoms with Crippen LogP contribution < -0.4 is 4.90 Å². The lowest BCUT2D eigenvalue weighted by molar-refractivity contribution is -0.384. The molecule has 7 heteroatoms. The molecule has 1 aliphatic heterocycles. The van der Waals surface area contributed by atoms with Crippen molar-refractivity contribution < 1.29 is 14.5 Å². The zero-order chi connectivity index (χ0) is 19.2. The van der Waals surface area contributed by atoms with Crippen LogP contribution in [0.15, 0.2) is 48.5 Å². The highest BCUT2D eigenvalue weighted by atomic mass is 16.6. The molecule has 1 fully saturated rings. The molecule has 0 aromatic heterocycles. The number of anilines is 1. The van der Waals surface area contributed by atoms with Crippen LogP contribution >= 0.6 is 0 Å². The number of non-ortho nitro benzene ring substituents is 1. The van der Waals surface area contributed by atoms with E-state index >= 15 is 0 Å². The third-order valence-electron chi connectivity index (χ3n) is 4.68. The van der Waals surface area contributed by atoms with Crippen LogP contribution in [-0.2, 0) is 22.5 Å². The maximum absolute atomic E-state index is 12.6. The number of nitrogens with zero attached hydrogens (tertiary/aromatic N) is 3. The highest BCUT2D eigenvalue weighted by Gasteiger charge is 2.17. The van der Waals surface area contributed by atoms with Gasteiger partial charge in [-0.25, -0.2) is 0 Å². The van der Waals surface area contributed by atoms with Crippen molar-refractivity contribution in [2.24, 2.45) is 0 Å². The van der Waals surface area contributed by atoms with Crippen LogP contribution in [0.4, 0.5) is 11.4 Å². The molecule has 0 N–H and O–H groups in total. The highest BCUT2D eigenvalue weighted by molar-refractivity contribution is 5.78. The average molecular weight is 369 g/mol. The van der Waals surface area contributed by atoms with Gasteiger partial charge in [0.05, 0.1) is 24.6 Å². The minimum absolute atomic E-state index is 0.0268. The van der Waals surface area contributed by atoms with Crippen molar-refractivity contribution in [3.63, 3.8) is 0 Å². The lowest BCUT2D eigenvalue weighted by Crippen LogP contribution is -2.37. The van der Waals surface area contributed by atoms with Crippen LogP contribution in [0.2, 0.25) is 0 Å². The third kappa shape index (κ3) is 4.83. The minimum atomic E-state index is -0.444. The molecular formula is C20H23N3O4. The predicted molar refractivity (Wildman–Crippen MR) is 103 cm³/mol. The van der Waals surface area contributed by atoms with Crippen LogP contribution in [0.1, 0.15) is 11.1 Å². The first-order chi connectivity index (χ1) is 13.0. The number of nitro benzene ring substituents is 1. The Bertz CT molecular complexity index is 801. The van der Waals surface area contributed by atoms with Gasteiger partial charge in [-0.1, -0.05) is 30.3 Å². The molecule has 1 aliphatic rings. The minimum Gasteiger partial charge on any atom is -0.378 e. The summed E-state index contributed by atoms with van der Waals surface area (Å²) in [6.45, 7) is 3.63. The number of hydrogen-bond acceptors (Lipinski definition) is 5. The van der Waals surface area contributed by atoms with Gasteiger partial charge in [-0.15, -0.1) is 0 Å². The maximum Gasteiger partial charge on any atom is 0.269 e. The molecular weight excluding hydrogens is 346 g/mol. The Labute approximate surface area is 158 Å². The Kier molecular flexibility index (Phi) is 6.03. The van der Waals surface area contributed by atoms with Gasteiger partial charge in [0.15, 0.2) is 0 Å². The number of hydrogen-bond donors (Lipinski definition) is 0. The summed E-state index contributed by atoms with van der Waals surface area (Å²) in [6.07, 6.45) is 0.216. The first-order valence-corrected chi connectivity index (χ1v) is 8.92. The topological polar surface area (TPSA) is 75.9 Å². The molecule has 142 valence electrons. The van der Waals surface area contributed by atoms with Gasteiger partial charge < -0.3 is 14.5 Å². The molecule has 1 heterocycles. The van der Waals surface area contributed by atoms with Crippen LogP contribution in [0, 0.1) is 10.1 Å². The molecule has 0 bridgehead atoms. The largest absolute Gasteiger partial charge is 0.378 e. The van der Waals surface area contributed by atoms with E-state index in [1.165, 1.54) is 12.1 Å². The van der Waals surface area contributed by atoms with Gasteiger partial charge in [0.1, 0.15) is 0 Å². The highest BCUT2D eigenvalue weighted by Crippen LogP contribution is 2.23. The molecule has 0 radical (unpaired) electrons. The number of para-hydroxylation sites is 1. The lowest BCUT2D eigenvalue weighted by atomic mass is 10.1. The van der Waals surface area contributed by atoms with Crippen LogP contribution in [-0.4, -0.2) is 49.1 Å². The molecule has 2 aromatic carbocycles. The second-order valence-electron chi connectivity index (χ2n) is 6.58. The molecule has 0 saturated carbocycles. The van der Waals surface area contributed by atoms with Crippen molar-refractivity contribution in [3.05, 3.63) is 69.8 Å². The second kappa shape index (κ2) is 8.64. The molecule has 2 aromatic rings. The van der Waals surface area contributed by atoms with E-state index < -0.39 is 4.92 Å². The van der Waals surface area contributed by atoms with Gasteiger partial charge in [-0.2, -0.15) is 0 Å². The smallest absolute Gasteiger partial charge is 0.269 e. The molecule has 0 unspecified atom stereocenters. The Morgan fingerprint density at radius 3 is 2.48 bits per heavy atom. The molecule has 27 heavy (non-hydrogen) atoms. The van der Waals surface area contributed by atoms with Crippen molar-refractivity contribution in [3.8, 4) is 0 Å². The Morgan fingerprint density at radius 2 is 1.81 bits per heavy atom. The fraction of sp³-hybridized carbons (Fsp3) is 0.350. The number of carbonyl (C=O) groups is 1.